The Hall–Kier alpha value is -3.48. The third-order valence-corrected chi connectivity index (χ3v) is 3.44. The fourth-order valence-electron chi connectivity index (χ4n) is 2.21. The predicted octanol–water partition coefficient (Wildman–Crippen LogP) is 3.21. The summed E-state index contributed by atoms with van der Waals surface area (Å²) in [4.78, 5) is 12.7. The van der Waals surface area contributed by atoms with Crippen molar-refractivity contribution in [1.29, 1.82) is 5.41 Å². The number of nitrogens with zero attached hydrogens (tertiary/aromatic N) is 3. The van der Waals surface area contributed by atoms with E-state index in [9.17, 15) is 0 Å². The number of aryl methyl sites for hydroxylation is 1. The maximum atomic E-state index is 7.44. The molecule has 2 heterocycles. The van der Waals surface area contributed by atoms with Crippen LogP contribution in [0.15, 0.2) is 47.9 Å². The Morgan fingerprint density at radius 3 is 2.65 bits per heavy atom. The van der Waals surface area contributed by atoms with Crippen LogP contribution in [-0.2, 0) is 4.74 Å². The highest BCUT2D eigenvalue weighted by Gasteiger charge is 2.09. The average Bonchev–Trinajstić information content (AvgIpc) is 2.66. The van der Waals surface area contributed by atoms with Gasteiger partial charge in [0.2, 0.25) is 0 Å². The molecule has 0 spiro atoms. The van der Waals surface area contributed by atoms with Crippen LogP contribution in [0.5, 0.6) is 11.5 Å². The highest BCUT2D eigenvalue weighted by atomic mass is 16.5. The van der Waals surface area contributed by atoms with Crippen LogP contribution in [0, 0.1) is 12.3 Å². The zero-order chi connectivity index (χ0) is 18.9. The second-order valence-corrected chi connectivity index (χ2v) is 5.22. The molecule has 2 aromatic heterocycles. The van der Waals surface area contributed by atoms with Gasteiger partial charge in [0.05, 0.1) is 36.0 Å². The minimum atomic E-state index is 0.574. The molecule has 0 fully saturated rings. The number of aromatic nitrogens is 2. The van der Waals surface area contributed by atoms with Gasteiger partial charge in [0.15, 0.2) is 0 Å². The van der Waals surface area contributed by atoms with Crippen LogP contribution in [0.2, 0.25) is 0 Å². The van der Waals surface area contributed by atoms with Gasteiger partial charge in [0, 0.05) is 43.5 Å². The normalized spacial score (nSPS) is 12.3. The molecule has 134 valence electrons. The number of rotatable bonds is 7. The zero-order valence-electron chi connectivity index (χ0n) is 14.9. The molecule has 3 N–H and O–H groups in total. The molecule has 0 amide bonds. The van der Waals surface area contributed by atoms with Gasteiger partial charge in [-0.3, -0.25) is 9.98 Å². The van der Waals surface area contributed by atoms with Crippen LogP contribution in [0.4, 0.5) is 0 Å². The van der Waals surface area contributed by atoms with E-state index in [1.807, 2.05) is 6.92 Å². The first-order chi connectivity index (χ1) is 12.6. The molecule has 0 bridgehead atoms. The van der Waals surface area contributed by atoms with E-state index in [1.165, 1.54) is 25.8 Å². The lowest BCUT2D eigenvalue weighted by molar-refractivity contribution is 0.340. The summed E-state index contributed by atoms with van der Waals surface area (Å²) in [7, 11) is 3.20. The lowest BCUT2D eigenvalue weighted by Crippen LogP contribution is -1.98. The summed E-state index contributed by atoms with van der Waals surface area (Å²) in [5.41, 5.74) is 8.88. The van der Waals surface area contributed by atoms with Crippen molar-refractivity contribution in [2.75, 3.05) is 14.2 Å². The van der Waals surface area contributed by atoms with E-state index in [2.05, 4.69) is 15.0 Å². The Labute approximate surface area is 152 Å². The zero-order valence-corrected chi connectivity index (χ0v) is 14.9. The van der Waals surface area contributed by atoms with Gasteiger partial charge < -0.3 is 20.6 Å². The average molecular weight is 351 g/mol. The van der Waals surface area contributed by atoms with Crippen LogP contribution in [-0.4, -0.2) is 36.6 Å². The first kappa shape index (κ1) is 18.9. The van der Waals surface area contributed by atoms with Crippen molar-refractivity contribution in [3.8, 4) is 11.5 Å². The maximum absolute atomic E-state index is 7.44. The number of pyridine rings is 2. The number of hydrogen-bond acceptors (Lipinski definition) is 7. The number of nitrogens with two attached hydrogens (primary N) is 1. The first-order valence-corrected chi connectivity index (χ1v) is 7.82. The molecule has 2 rings (SSSR count). The lowest BCUT2D eigenvalue weighted by Gasteiger charge is -2.11. The fourth-order valence-corrected chi connectivity index (χ4v) is 2.21. The number of aliphatic imine (C=N–C) groups is 1. The van der Waals surface area contributed by atoms with Gasteiger partial charge in [-0.05, 0) is 25.1 Å². The fraction of sp³-hybridized carbons (Fsp3) is 0.158. The van der Waals surface area contributed by atoms with Crippen molar-refractivity contribution in [2.45, 2.75) is 6.92 Å². The molecular formula is C19H21N5O2. The van der Waals surface area contributed by atoms with Crippen LogP contribution in [0.25, 0.3) is 11.1 Å². The van der Waals surface area contributed by atoms with Gasteiger partial charge in [-0.15, -0.1) is 0 Å². The van der Waals surface area contributed by atoms with Crippen LogP contribution in [0.1, 0.15) is 17.1 Å². The molecule has 0 aliphatic carbocycles. The van der Waals surface area contributed by atoms with Gasteiger partial charge in [-0.2, -0.15) is 0 Å². The summed E-state index contributed by atoms with van der Waals surface area (Å²) < 4.78 is 10.9. The molecule has 0 radical (unpaired) electrons. The summed E-state index contributed by atoms with van der Waals surface area (Å²) in [5, 5.41) is 7.44. The monoisotopic (exact) mass is 351 g/mol. The molecule has 0 aliphatic rings. The molecule has 0 saturated heterocycles. The quantitative estimate of drug-likeness (QED) is 0.588. The predicted molar refractivity (Wildman–Crippen MR) is 104 cm³/mol. The van der Waals surface area contributed by atoms with Gasteiger partial charge in [0.1, 0.15) is 11.5 Å². The summed E-state index contributed by atoms with van der Waals surface area (Å²) >= 11 is 0. The Balaban J connectivity index is 2.29. The molecule has 26 heavy (non-hydrogen) atoms. The van der Waals surface area contributed by atoms with Gasteiger partial charge in [-0.25, -0.2) is 4.98 Å². The van der Waals surface area contributed by atoms with E-state index < -0.39 is 0 Å². The summed E-state index contributed by atoms with van der Waals surface area (Å²) in [6.07, 6.45) is 7.39. The molecule has 7 nitrogen and oxygen atoms in total. The molecule has 0 aliphatic heterocycles. The summed E-state index contributed by atoms with van der Waals surface area (Å²) in [6, 6.07) is 7.11. The van der Waals surface area contributed by atoms with E-state index in [1.54, 1.807) is 43.7 Å². The van der Waals surface area contributed by atoms with Crippen LogP contribution < -0.4 is 10.5 Å². The Morgan fingerprint density at radius 2 is 2.04 bits per heavy atom. The summed E-state index contributed by atoms with van der Waals surface area (Å²) in [6.45, 7) is 1.84. The van der Waals surface area contributed by atoms with Gasteiger partial charge >= 0.3 is 0 Å². The smallest absolute Gasteiger partial charge is 0.148 e. The van der Waals surface area contributed by atoms with E-state index in [-0.39, 0.29) is 0 Å². The van der Waals surface area contributed by atoms with Crippen LogP contribution >= 0.6 is 0 Å². The Kier molecular flexibility index (Phi) is 6.61. The number of ether oxygens (including phenoxy) is 2. The topological polar surface area (TPSA) is 106 Å². The van der Waals surface area contributed by atoms with Gasteiger partial charge in [-0.1, -0.05) is 0 Å². The second-order valence-electron chi connectivity index (χ2n) is 5.22. The number of methoxy groups -OCH3 is 1. The maximum Gasteiger partial charge on any atom is 0.148 e. The highest BCUT2D eigenvalue weighted by Crippen LogP contribution is 2.26. The third-order valence-electron chi connectivity index (χ3n) is 3.44. The highest BCUT2D eigenvalue weighted by molar-refractivity contribution is 6.08. The molecule has 2 aromatic rings. The standard InChI is InChI=1S/C19H21N5O2/c1-13-19(5-4-17(24-13)15(10-21)12-25-3)26-16-6-7-23-18(8-16)14(9-20)11-22-2/h4-12,21H,20H2,1-3H3/b14-9?,15-12-,21-10?,22-11?. The Bertz CT molecular complexity index is 872. The number of hydrogen-bond donors (Lipinski definition) is 2. The minimum absolute atomic E-state index is 0.574. The molecule has 0 aromatic carbocycles. The minimum Gasteiger partial charge on any atom is -0.504 e. The number of nitrogens with one attached hydrogen (secondary N) is 1. The van der Waals surface area contributed by atoms with Crippen molar-refractivity contribution < 1.29 is 9.47 Å². The molecule has 0 saturated carbocycles. The van der Waals surface area contributed by atoms with Crippen molar-refractivity contribution in [2.24, 2.45) is 10.7 Å². The summed E-state index contributed by atoms with van der Waals surface area (Å²) in [5.74, 6) is 1.21. The van der Waals surface area contributed by atoms with Crippen molar-refractivity contribution in [1.82, 2.24) is 9.97 Å². The van der Waals surface area contributed by atoms with E-state index >= 15 is 0 Å². The molecule has 0 unspecified atom stereocenters. The molecule has 0 atom stereocenters. The van der Waals surface area contributed by atoms with E-state index in [0.29, 0.717) is 39.7 Å². The molecular weight excluding hydrogens is 330 g/mol. The lowest BCUT2D eigenvalue weighted by atomic mass is 10.2. The van der Waals surface area contributed by atoms with Crippen LogP contribution in [0.3, 0.4) is 0 Å². The number of allylic oxidation sites excluding steroid dienone is 2. The van der Waals surface area contributed by atoms with E-state index in [4.69, 9.17) is 20.6 Å². The van der Waals surface area contributed by atoms with Crippen molar-refractivity contribution in [3.63, 3.8) is 0 Å². The molecule has 7 heteroatoms. The van der Waals surface area contributed by atoms with Gasteiger partial charge in [0.25, 0.3) is 0 Å². The SMILES string of the molecule is CN=CC(=CN)c1cc(Oc2ccc(/C(C=N)=C\OC)nc2C)ccn1. The third kappa shape index (κ3) is 4.54. The van der Waals surface area contributed by atoms with Crippen molar-refractivity contribution in [3.05, 3.63) is 60.0 Å². The Morgan fingerprint density at radius 1 is 1.23 bits per heavy atom. The van der Waals surface area contributed by atoms with E-state index in [0.717, 1.165) is 0 Å². The first-order valence-electron chi connectivity index (χ1n) is 7.82. The van der Waals surface area contributed by atoms with Crippen molar-refractivity contribution >= 4 is 23.6 Å². The second kappa shape index (κ2) is 9.12. The largest absolute Gasteiger partial charge is 0.504 e.